The quantitative estimate of drug-likeness (QED) is 0.314. The molecule has 0 aliphatic rings. The predicted octanol–water partition coefficient (Wildman–Crippen LogP) is 5.07. The maximum atomic E-state index is 13.2. The number of anilines is 2. The summed E-state index contributed by atoms with van der Waals surface area (Å²) < 4.78 is 26.1. The zero-order valence-electron chi connectivity index (χ0n) is 18.1. The van der Waals surface area contributed by atoms with E-state index in [1.54, 1.807) is 49.4 Å². The standard InChI is InChI=1S/C22H19Cl2N5O4S/c1-3-26-34(31,32)15-7-4-6-14(11-15)27-22-25-12-13-10-16(19-17(23)8-5-9-18(19)24)21(30)29(33-2)20(13)28-22/h4-12,26H,3H2,1-2H3,(H-,25,27,28,30,31)/p+1. The fraction of sp³-hybridized carbons (Fsp3) is 0.136. The zero-order chi connectivity index (χ0) is 24.5. The van der Waals surface area contributed by atoms with Crippen LogP contribution in [0.4, 0.5) is 11.6 Å². The van der Waals surface area contributed by atoms with Crippen LogP contribution in [0.2, 0.25) is 10.0 Å². The summed E-state index contributed by atoms with van der Waals surface area (Å²) in [6.45, 7) is 2.07. The van der Waals surface area contributed by atoms with Crippen molar-refractivity contribution in [3.05, 3.63) is 75.1 Å². The molecular weight excluding hydrogens is 501 g/mol. The molecule has 0 radical (unpaired) electrons. The number of pyridine rings is 1. The molecule has 9 nitrogen and oxygen atoms in total. The van der Waals surface area contributed by atoms with Gasteiger partial charge in [-0.2, -0.15) is 0 Å². The van der Waals surface area contributed by atoms with Crippen LogP contribution in [-0.2, 0) is 4.04 Å². The van der Waals surface area contributed by atoms with Crippen LogP contribution in [0.25, 0.3) is 22.2 Å². The number of nitrogens with zero attached hydrogens (tertiary/aromatic N) is 3. The van der Waals surface area contributed by atoms with Crippen LogP contribution in [0.15, 0.2) is 64.4 Å². The van der Waals surface area contributed by atoms with Crippen molar-refractivity contribution >= 4 is 56.1 Å². The molecule has 0 spiro atoms. The third-order valence-electron chi connectivity index (χ3n) is 4.87. The van der Waals surface area contributed by atoms with E-state index in [0.717, 1.165) is 4.73 Å². The van der Waals surface area contributed by atoms with Gasteiger partial charge in [0, 0.05) is 0 Å². The molecule has 0 amide bonds. The van der Waals surface area contributed by atoms with E-state index in [9.17, 15) is 13.4 Å². The van der Waals surface area contributed by atoms with Gasteiger partial charge in [0.25, 0.3) is 0 Å². The van der Waals surface area contributed by atoms with E-state index < -0.39 is 15.8 Å². The molecular formula is C22H20Cl2N5O4S+. The van der Waals surface area contributed by atoms with E-state index in [1.807, 2.05) is 0 Å². The summed E-state index contributed by atoms with van der Waals surface area (Å²) in [6, 6.07) is 13.0. The van der Waals surface area contributed by atoms with Gasteiger partial charge in [-0.15, -0.1) is 0 Å². The molecule has 176 valence electrons. The minimum atomic E-state index is -3.38. The molecule has 12 heteroatoms. The second-order valence-corrected chi connectivity index (χ2v) is 9.71. The second kappa shape index (κ2) is 9.79. The number of halogens is 2. The molecule has 34 heavy (non-hydrogen) atoms. The molecule has 1 unspecified atom stereocenters. The SMILES string of the molecule is CCNS(#[O+])(O)c1cccc(Nc2ncc3cc(-c4c(Cl)cccc4Cl)c(=O)n(OC)c3n2)c1. The first-order valence-electron chi connectivity index (χ1n) is 10.0. The Bertz CT molecular complexity index is 1540. The summed E-state index contributed by atoms with van der Waals surface area (Å²) in [5.41, 5.74) is 0.829. The minimum absolute atomic E-state index is 0.159. The monoisotopic (exact) mass is 520 g/mol. The van der Waals surface area contributed by atoms with Crippen molar-refractivity contribution < 1.29 is 13.4 Å². The first-order valence-corrected chi connectivity index (χ1v) is 12.3. The average Bonchev–Trinajstić information content (AvgIpc) is 2.80. The van der Waals surface area contributed by atoms with Gasteiger partial charge in [0.2, 0.25) is 0 Å². The topological polar surface area (TPSA) is 121 Å². The molecule has 0 bridgehead atoms. The Labute approximate surface area is 205 Å². The fourth-order valence-electron chi connectivity index (χ4n) is 3.39. The molecule has 4 aromatic rings. The molecule has 2 aromatic heterocycles. The van der Waals surface area contributed by atoms with Crippen LogP contribution in [0.5, 0.6) is 0 Å². The number of nitrogens with one attached hydrogen (secondary N) is 2. The van der Waals surface area contributed by atoms with Crippen LogP contribution in [0, 0.1) is 0 Å². The second-order valence-electron chi connectivity index (χ2n) is 7.09. The molecule has 0 saturated carbocycles. The number of aromatic nitrogens is 3. The third kappa shape index (κ3) is 4.69. The molecule has 1 atom stereocenters. The number of rotatable bonds is 5. The Morgan fingerprint density at radius 3 is 2.56 bits per heavy atom. The first-order chi connectivity index (χ1) is 16.2. The molecule has 0 fully saturated rings. The van der Waals surface area contributed by atoms with Gasteiger partial charge in [0.15, 0.2) is 0 Å². The molecule has 3 N–H and O–H groups in total. The van der Waals surface area contributed by atoms with Crippen molar-refractivity contribution in [2.24, 2.45) is 0 Å². The van der Waals surface area contributed by atoms with Gasteiger partial charge in [0.1, 0.15) is 0 Å². The van der Waals surface area contributed by atoms with Crippen LogP contribution in [0.1, 0.15) is 6.92 Å². The summed E-state index contributed by atoms with van der Waals surface area (Å²) >= 11 is 12.6. The summed E-state index contributed by atoms with van der Waals surface area (Å²) in [5, 5.41) is 4.14. The maximum absolute atomic E-state index is 13.2. The van der Waals surface area contributed by atoms with E-state index in [4.69, 9.17) is 28.0 Å². The third-order valence-corrected chi connectivity index (χ3v) is 7.07. The van der Waals surface area contributed by atoms with E-state index in [2.05, 4.69) is 20.0 Å². The molecule has 0 aliphatic heterocycles. The van der Waals surface area contributed by atoms with E-state index in [-0.39, 0.29) is 22.1 Å². The summed E-state index contributed by atoms with van der Waals surface area (Å²) in [5.74, 6) is 0.159. The fourth-order valence-corrected chi connectivity index (χ4v) is 5.10. The number of hydrogen-bond acceptors (Lipinski definition) is 7. The molecule has 0 saturated heterocycles. The Kier molecular flexibility index (Phi) is 6.99. The summed E-state index contributed by atoms with van der Waals surface area (Å²) in [6.07, 6.45) is 1.52. The van der Waals surface area contributed by atoms with Crippen LogP contribution in [0.3, 0.4) is 0 Å². The van der Waals surface area contributed by atoms with Crippen molar-refractivity contribution in [2.75, 3.05) is 19.0 Å². The van der Waals surface area contributed by atoms with Gasteiger partial charge in [-0.1, -0.05) is 29.3 Å². The van der Waals surface area contributed by atoms with Crippen molar-refractivity contribution in [3.63, 3.8) is 0 Å². The van der Waals surface area contributed by atoms with Gasteiger partial charge in [0.05, 0.1) is 10.0 Å². The number of hydrogen-bond donors (Lipinski definition) is 3. The molecule has 4 rings (SSSR count). The van der Waals surface area contributed by atoms with Crippen LogP contribution >= 0.6 is 33.4 Å². The first kappa shape index (κ1) is 24.3. The number of fused-ring (bicyclic) bond motifs is 1. The Balaban J connectivity index is 1.78. The van der Waals surface area contributed by atoms with E-state index >= 15 is 0 Å². The van der Waals surface area contributed by atoms with Gasteiger partial charge in [-0.05, 0) is 12.1 Å². The van der Waals surface area contributed by atoms with Crippen molar-refractivity contribution in [1.82, 2.24) is 19.4 Å². The average molecular weight is 521 g/mol. The van der Waals surface area contributed by atoms with Crippen molar-refractivity contribution in [3.8, 4) is 11.1 Å². The Morgan fingerprint density at radius 2 is 1.88 bits per heavy atom. The Morgan fingerprint density at radius 1 is 1.18 bits per heavy atom. The van der Waals surface area contributed by atoms with E-state index in [0.29, 0.717) is 33.2 Å². The predicted molar refractivity (Wildman–Crippen MR) is 134 cm³/mol. The molecule has 2 heterocycles. The normalized spacial score (nSPS) is 12.9. The molecule has 0 aliphatic carbocycles. The van der Waals surface area contributed by atoms with Crippen molar-refractivity contribution in [2.45, 2.75) is 11.8 Å². The zero-order valence-corrected chi connectivity index (χ0v) is 20.4. The summed E-state index contributed by atoms with van der Waals surface area (Å²) in [7, 11) is -2.04. The Hall–Kier alpha value is -2.86. The van der Waals surface area contributed by atoms with Gasteiger partial charge in [-0.3, -0.25) is 0 Å². The van der Waals surface area contributed by atoms with Crippen molar-refractivity contribution in [1.29, 1.82) is 0 Å². The van der Waals surface area contributed by atoms with E-state index in [1.165, 1.54) is 19.4 Å². The number of benzene rings is 2. The molecule has 2 aromatic carbocycles. The van der Waals surface area contributed by atoms with Crippen LogP contribution < -0.4 is 20.4 Å². The summed E-state index contributed by atoms with van der Waals surface area (Å²) in [4.78, 5) is 27.4. The van der Waals surface area contributed by atoms with Crippen LogP contribution in [-0.4, -0.2) is 32.9 Å². The van der Waals surface area contributed by atoms with Gasteiger partial charge >= 0.3 is 155 Å². The van der Waals surface area contributed by atoms with Gasteiger partial charge < -0.3 is 0 Å². The van der Waals surface area contributed by atoms with Gasteiger partial charge in [-0.25, -0.2) is 0 Å².